The van der Waals surface area contributed by atoms with Gasteiger partial charge in [-0.3, -0.25) is 0 Å². The summed E-state index contributed by atoms with van der Waals surface area (Å²) >= 11 is 6.62. The summed E-state index contributed by atoms with van der Waals surface area (Å²) in [5, 5.41) is 9.16. The highest BCUT2D eigenvalue weighted by atomic mass is 79.9. The molecule has 2 nitrogen and oxygen atoms in total. The number of halogens is 3. The normalized spacial score (nSPS) is 10.5. The molecule has 0 aliphatic rings. The van der Waals surface area contributed by atoms with E-state index in [0.717, 1.165) is 14.5 Å². The van der Waals surface area contributed by atoms with Crippen molar-refractivity contribution in [2.24, 2.45) is 0 Å². The molecule has 0 amide bonds. The Labute approximate surface area is 127 Å². The van der Waals surface area contributed by atoms with Crippen molar-refractivity contribution < 1.29 is 14.2 Å². The number of rotatable bonds is 4. The van der Waals surface area contributed by atoms with Crippen molar-refractivity contribution >= 4 is 31.9 Å². The Kier molecular flexibility index (Phi) is 4.96. The average Bonchev–Trinajstić information content (AvgIpc) is 2.41. The van der Waals surface area contributed by atoms with Gasteiger partial charge in [-0.2, -0.15) is 0 Å². The molecule has 0 bridgehead atoms. The predicted octanol–water partition coefficient (Wildman–Crippen LogP) is 4.42. The number of ether oxygens (including phenoxy) is 1. The van der Waals surface area contributed by atoms with E-state index in [0.29, 0.717) is 11.3 Å². The van der Waals surface area contributed by atoms with Gasteiger partial charge in [-0.1, -0.05) is 31.9 Å². The molecule has 0 radical (unpaired) electrons. The zero-order chi connectivity index (χ0) is 13.8. The second-order valence-corrected chi connectivity index (χ2v) is 5.71. The van der Waals surface area contributed by atoms with Crippen molar-refractivity contribution in [2.75, 3.05) is 0 Å². The van der Waals surface area contributed by atoms with Gasteiger partial charge in [0.15, 0.2) is 0 Å². The molecule has 0 saturated heterocycles. The highest BCUT2D eigenvalue weighted by Gasteiger charge is 2.05. The molecule has 2 rings (SSSR count). The third kappa shape index (κ3) is 3.78. The van der Waals surface area contributed by atoms with Gasteiger partial charge < -0.3 is 9.84 Å². The second-order valence-electron chi connectivity index (χ2n) is 3.94. The first-order chi connectivity index (χ1) is 9.10. The standard InChI is InChI=1S/C14H11Br2FO2/c15-11-1-4-14(17)10(5-11)8-19-12-2-3-13(16)9(6-12)7-18/h1-6,18H,7-8H2. The van der Waals surface area contributed by atoms with Gasteiger partial charge in [-0.15, -0.1) is 0 Å². The van der Waals surface area contributed by atoms with Crippen LogP contribution in [0.1, 0.15) is 11.1 Å². The van der Waals surface area contributed by atoms with E-state index in [4.69, 9.17) is 9.84 Å². The molecule has 0 fully saturated rings. The molecule has 100 valence electrons. The molecule has 5 heteroatoms. The molecule has 19 heavy (non-hydrogen) atoms. The maximum atomic E-state index is 13.5. The first-order valence-electron chi connectivity index (χ1n) is 5.56. The molecule has 0 aliphatic carbocycles. The Bertz CT molecular complexity index is 588. The Hall–Kier alpha value is -0.910. The zero-order valence-corrected chi connectivity index (χ0v) is 13.0. The van der Waals surface area contributed by atoms with Crippen molar-refractivity contribution in [3.05, 3.63) is 62.3 Å². The number of aliphatic hydroxyl groups is 1. The van der Waals surface area contributed by atoms with E-state index in [1.54, 1.807) is 30.3 Å². The summed E-state index contributed by atoms with van der Waals surface area (Å²) in [6.45, 7) is 0.0564. The summed E-state index contributed by atoms with van der Waals surface area (Å²) in [6, 6.07) is 9.99. The molecule has 0 aromatic heterocycles. The molecule has 1 N–H and O–H groups in total. The third-order valence-corrected chi connectivity index (χ3v) is 3.86. The Balaban J connectivity index is 2.12. The molecule has 2 aromatic carbocycles. The van der Waals surface area contributed by atoms with Gasteiger partial charge in [0.05, 0.1) is 6.61 Å². The predicted molar refractivity (Wildman–Crippen MR) is 78.5 cm³/mol. The number of aliphatic hydroxyl groups excluding tert-OH is 1. The third-order valence-electron chi connectivity index (χ3n) is 2.59. The molecule has 0 saturated carbocycles. The molecular weight excluding hydrogens is 379 g/mol. The summed E-state index contributed by atoms with van der Waals surface area (Å²) in [7, 11) is 0. The van der Waals surface area contributed by atoms with Gasteiger partial charge >= 0.3 is 0 Å². The monoisotopic (exact) mass is 388 g/mol. The highest BCUT2D eigenvalue weighted by molar-refractivity contribution is 9.10. The van der Waals surface area contributed by atoms with Crippen molar-refractivity contribution in [2.45, 2.75) is 13.2 Å². The minimum absolute atomic E-state index is 0.0803. The lowest BCUT2D eigenvalue weighted by Crippen LogP contribution is -1.99. The van der Waals surface area contributed by atoms with Gasteiger partial charge in [-0.05, 0) is 42.0 Å². The number of hydrogen-bond acceptors (Lipinski definition) is 2. The maximum Gasteiger partial charge on any atom is 0.129 e. The molecule has 0 unspecified atom stereocenters. The van der Waals surface area contributed by atoms with E-state index in [1.807, 2.05) is 0 Å². The van der Waals surface area contributed by atoms with Gasteiger partial charge in [-0.25, -0.2) is 4.39 Å². The van der Waals surface area contributed by atoms with Gasteiger partial charge in [0.25, 0.3) is 0 Å². The lowest BCUT2D eigenvalue weighted by molar-refractivity contribution is 0.276. The topological polar surface area (TPSA) is 29.5 Å². The molecule has 0 aliphatic heterocycles. The average molecular weight is 390 g/mol. The first kappa shape index (κ1) is 14.5. The molecule has 2 aromatic rings. The van der Waals surface area contributed by atoms with Crippen LogP contribution in [0.2, 0.25) is 0 Å². The van der Waals surface area contributed by atoms with Gasteiger partial charge in [0.2, 0.25) is 0 Å². The lowest BCUT2D eigenvalue weighted by atomic mass is 10.2. The van der Waals surface area contributed by atoms with E-state index in [9.17, 15) is 4.39 Å². The van der Waals surface area contributed by atoms with Crippen LogP contribution in [0.4, 0.5) is 4.39 Å². The first-order valence-corrected chi connectivity index (χ1v) is 7.15. The summed E-state index contributed by atoms with van der Waals surface area (Å²) in [5.74, 6) is 0.286. The smallest absolute Gasteiger partial charge is 0.129 e. The van der Waals surface area contributed by atoms with E-state index < -0.39 is 0 Å². The van der Waals surface area contributed by atoms with Crippen molar-refractivity contribution in [1.29, 1.82) is 0 Å². The molecule has 0 heterocycles. The second kappa shape index (κ2) is 6.50. The fourth-order valence-electron chi connectivity index (χ4n) is 1.58. The summed E-state index contributed by atoms with van der Waals surface area (Å²) in [6.07, 6.45) is 0. The van der Waals surface area contributed by atoms with Crippen LogP contribution in [0, 0.1) is 5.82 Å². The minimum Gasteiger partial charge on any atom is -0.489 e. The minimum atomic E-state index is -0.303. The van der Waals surface area contributed by atoms with Crippen molar-refractivity contribution in [1.82, 2.24) is 0 Å². The maximum absolute atomic E-state index is 13.5. The number of hydrogen-bond donors (Lipinski definition) is 1. The van der Waals surface area contributed by atoms with Crippen LogP contribution in [0.5, 0.6) is 5.75 Å². The Morgan fingerprint density at radius 2 is 1.84 bits per heavy atom. The SMILES string of the molecule is OCc1cc(OCc2cc(Br)ccc2F)ccc1Br. The van der Waals surface area contributed by atoms with Crippen LogP contribution >= 0.6 is 31.9 Å². The largest absolute Gasteiger partial charge is 0.489 e. The van der Waals surface area contributed by atoms with Crippen LogP contribution < -0.4 is 4.74 Å². The highest BCUT2D eigenvalue weighted by Crippen LogP contribution is 2.24. The summed E-state index contributed by atoms with van der Waals surface area (Å²) in [5.41, 5.74) is 1.20. The van der Waals surface area contributed by atoms with Crippen LogP contribution in [-0.2, 0) is 13.2 Å². The summed E-state index contributed by atoms with van der Waals surface area (Å²) < 4.78 is 20.7. The van der Waals surface area contributed by atoms with E-state index in [2.05, 4.69) is 31.9 Å². The van der Waals surface area contributed by atoms with E-state index in [1.165, 1.54) is 6.07 Å². The summed E-state index contributed by atoms with van der Waals surface area (Å²) in [4.78, 5) is 0. The van der Waals surface area contributed by atoms with Gasteiger partial charge in [0.1, 0.15) is 18.2 Å². The van der Waals surface area contributed by atoms with E-state index >= 15 is 0 Å². The quantitative estimate of drug-likeness (QED) is 0.838. The number of benzene rings is 2. The molecule has 0 atom stereocenters. The zero-order valence-electron chi connectivity index (χ0n) is 9.87. The lowest BCUT2D eigenvalue weighted by Gasteiger charge is -2.09. The van der Waals surface area contributed by atoms with E-state index in [-0.39, 0.29) is 19.0 Å². The Morgan fingerprint density at radius 1 is 1.05 bits per heavy atom. The molecule has 0 spiro atoms. The molecular formula is C14H11Br2FO2. The van der Waals surface area contributed by atoms with Crippen LogP contribution in [-0.4, -0.2) is 5.11 Å². The van der Waals surface area contributed by atoms with Crippen molar-refractivity contribution in [3.63, 3.8) is 0 Å². The Morgan fingerprint density at radius 3 is 2.58 bits per heavy atom. The van der Waals surface area contributed by atoms with Gasteiger partial charge in [0, 0.05) is 14.5 Å². The van der Waals surface area contributed by atoms with Crippen LogP contribution in [0.15, 0.2) is 45.3 Å². The fraction of sp³-hybridized carbons (Fsp3) is 0.143. The van der Waals surface area contributed by atoms with Crippen LogP contribution in [0.3, 0.4) is 0 Å². The fourth-order valence-corrected chi connectivity index (χ4v) is 2.36. The van der Waals surface area contributed by atoms with Crippen molar-refractivity contribution in [3.8, 4) is 5.75 Å². The van der Waals surface area contributed by atoms with Crippen LogP contribution in [0.25, 0.3) is 0 Å².